The van der Waals surface area contributed by atoms with Gasteiger partial charge in [-0.3, -0.25) is 9.89 Å². The van der Waals surface area contributed by atoms with Crippen molar-refractivity contribution in [3.63, 3.8) is 0 Å². The van der Waals surface area contributed by atoms with Crippen molar-refractivity contribution in [1.82, 2.24) is 20.4 Å². The van der Waals surface area contributed by atoms with E-state index >= 15 is 0 Å². The number of ether oxygens (including phenoxy) is 1. The molecule has 1 aliphatic heterocycles. The van der Waals surface area contributed by atoms with Crippen LogP contribution >= 0.6 is 0 Å². The molecule has 2 rings (SSSR count). The average Bonchev–Trinajstić information content (AvgIpc) is 2.86. The molecule has 0 saturated carbocycles. The summed E-state index contributed by atoms with van der Waals surface area (Å²) in [6, 6.07) is 1.83. The molecule has 0 radical (unpaired) electrons. The Balaban J connectivity index is 1.72. The number of aromatic nitrogens is 2. The van der Waals surface area contributed by atoms with E-state index in [1.54, 1.807) is 0 Å². The zero-order valence-electron chi connectivity index (χ0n) is 13.2. The van der Waals surface area contributed by atoms with E-state index in [0.717, 1.165) is 38.2 Å². The maximum absolute atomic E-state index is 12.0. The van der Waals surface area contributed by atoms with Crippen molar-refractivity contribution >= 4 is 5.91 Å². The normalized spacial score (nSPS) is 19.9. The summed E-state index contributed by atoms with van der Waals surface area (Å²) in [6.45, 7) is 7.58. The van der Waals surface area contributed by atoms with Crippen LogP contribution in [0.1, 0.15) is 36.5 Å². The van der Waals surface area contributed by atoms with Gasteiger partial charge in [-0.05, 0) is 31.9 Å². The van der Waals surface area contributed by atoms with Gasteiger partial charge in [-0.25, -0.2) is 0 Å². The molecular weight excluding hydrogens is 268 g/mol. The highest BCUT2D eigenvalue weighted by atomic mass is 16.5. The molecule has 1 amide bonds. The summed E-state index contributed by atoms with van der Waals surface area (Å²) in [5.41, 5.74) is 1.47. The number of morpholine rings is 1. The van der Waals surface area contributed by atoms with Crippen LogP contribution in [0, 0.1) is 5.92 Å². The molecule has 21 heavy (non-hydrogen) atoms. The van der Waals surface area contributed by atoms with Crippen LogP contribution in [0.25, 0.3) is 0 Å². The van der Waals surface area contributed by atoms with E-state index in [9.17, 15) is 4.79 Å². The Hall–Kier alpha value is -1.40. The summed E-state index contributed by atoms with van der Waals surface area (Å²) in [5, 5.41) is 9.90. The first kappa shape index (κ1) is 16.0. The maximum atomic E-state index is 12.0. The van der Waals surface area contributed by atoms with Crippen LogP contribution in [0.2, 0.25) is 0 Å². The number of nitrogens with one attached hydrogen (secondary N) is 2. The zero-order valence-corrected chi connectivity index (χ0v) is 13.2. The van der Waals surface area contributed by atoms with E-state index < -0.39 is 0 Å². The molecule has 1 saturated heterocycles. The first-order valence-electron chi connectivity index (χ1n) is 7.67. The molecule has 6 heteroatoms. The van der Waals surface area contributed by atoms with Crippen LogP contribution < -0.4 is 5.32 Å². The predicted octanol–water partition coefficient (Wildman–Crippen LogP) is 1.06. The Kier molecular flexibility index (Phi) is 5.76. The van der Waals surface area contributed by atoms with Crippen LogP contribution in [0.4, 0.5) is 0 Å². The molecular formula is C15H26N4O2. The number of amides is 1. The monoisotopic (exact) mass is 294 g/mol. The van der Waals surface area contributed by atoms with Crippen LogP contribution in [0.5, 0.6) is 0 Å². The maximum Gasteiger partial charge on any atom is 0.271 e. The SMILES string of the molecule is CC(C)Cc1cc(C(=O)NCCC2CN(C)CCO2)n[nH]1. The lowest BCUT2D eigenvalue weighted by Crippen LogP contribution is -2.41. The standard InChI is InChI=1S/C15H26N4O2/c1-11(2)8-12-9-14(18-17-12)15(20)16-5-4-13-10-19(3)6-7-21-13/h9,11,13H,4-8,10H2,1-3H3,(H,16,20)(H,17,18). The summed E-state index contributed by atoms with van der Waals surface area (Å²) >= 11 is 0. The number of carbonyl (C=O) groups excluding carboxylic acids is 1. The largest absolute Gasteiger partial charge is 0.375 e. The highest BCUT2D eigenvalue weighted by Gasteiger charge is 2.18. The van der Waals surface area contributed by atoms with E-state index in [1.165, 1.54) is 0 Å². The smallest absolute Gasteiger partial charge is 0.271 e. The fourth-order valence-corrected chi connectivity index (χ4v) is 2.50. The number of carbonyl (C=O) groups is 1. The molecule has 0 aromatic carbocycles. The molecule has 2 heterocycles. The second-order valence-electron chi connectivity index (χ2n) is 6.18. The van der Waals surface area contributed by atoms with E-state index in [-0.39, 0.29) is 12.0 Å². The van der Waals surface area contributed by atoms with Crippen LogP contribution in [-0.2, 0) is 11.2 Å². The van der Waals surface area contributed by atoms with Gasteiger partial charge < -0.3 is 15.0 Å². The van der Waals surface area contributed by atoms with Crippen molar-refractivity contribution in [2.24, 2.45) is 5.92 Å². The lowest BCUT2D eigenvalue weighted by molar-refractivity contribution is -0.0226. The summed E-state index contributed by atoms with van der Waals surface area (Å²) in [4.78, 5) is 14.3. The minimum atomic E-state index is -0.120. The van der Waals surface area contributed by atoms with Crippen molar-refractivity contribution in [3.8, 4) is 0 Å². The number of aromatic amines is 1. The third-order valence-electron chi connectivity index (χ3n) is 3.59. The molecule has 0 aliphatic carbocycles. The molecule has 1 aromatic rings. The quantitative estimate of drug-likeness (QED) is 0.823. The molecule has 6 nitrogen and oxygen atoms in total. The van der Waals surface area contributed by atoms with Gasteiger partial charge in [-0.1, -0.05) is 13.8 Å². The Morgan fingerprint density at radius 2 is 2.43 bits per heavy atom. The van der Waals surface area contributed by atoms with E-state index in [2.05, 4.69) is 41.3 Å². The molecule has 1 aromatic heterocycles. The van der Waals surface area contributed by atoms with Gasteiger partial charge in [0.1, 0.15) is 5.69 Å². The highest BCUT2D eigenvalue weighted by Crippen LogP contribution is 2.08. The molecule has 1 fully saturated rings. The molecule has 1 aliphatic rings. The molecule has 0 spiro atoms. The minimum absolute atomic E-state index is 0.120. The lowest BCUT2D eigenvalue weighted by Gasteiger charge is -2.30. The first-order valence-corrected chi connectivity index (χ1v) is 7.67. The van der Waals surface area contributed by atoms with Gasteiger partial charge in [-0.15, -0.1) is 0 Å². The Bertz CT molecular complexity index is 458. The number of nitrogens with zero attached hydrogens (tertiary/aromatic N) is 2. The Morgan fingerprint density at radius 1 is 1.62 bits per heavy atom. The third kappa shape index (κ3) is 5.13. The molecule has 2 N–H and O–H groups in total. The van der Waals surface area contributed by atoms with E-state index in [0.29, 0.717) is 18.2 Å². The summed E-state index contributed by atoms with van der Waals surface area (Å²) in [6.07, 6.45) is 1.95. The topological polar surface area (TPSA) is 70.2 Å². The zero-order chi connectivity index (χ0) is 15.2. The summed E-state index contributed by atoms with van der Waals surface area (Å²) < 4.78 is 5.67. The Labute approximate surface area is 126 Å². The first-order chi connectivity index (χ1) is 10.0. The van der Waals surface area contributed by atoms with Crippen molar-refractivity contribution in [1.29, 1.82) is 0 Å². The lowest BCUT2D eigenvalue weighted by atomic mass is 10.1. The van der Waals surface area contributed by atoms with Crippen molar-refractivity contribution in [3.05, 3.63) is 17.5 Å². The van der Waals surface area contributed by atoms with Gasteiger partial charge in [0.05, 0.1) is 12.7 Å². The molecule has 0 bridgehead atoms. The highest BCUT2D eigenvalue weighted by molar-refractivity contribution is 5.92. The number of H-pyrrole nitrogens is 1. The number of hydrogen-bond donors (Lipinski definition) is 2. The van der Waals surface area contributed by atoms with Gasteiger partial charge in [0.25, 0.3) is 5.91 Å². The van der Waals surface area contributed by atoms with E-state index in [4.69, 9.17) is 4.74 Å². The fraction of sp³-hybridized carbons (Fsp3) is 0.733. The number of rotatable bonds is 6. The number of hydrogen-bond acceptors (Lipinski definition) is 4. The van der Waals surface area contributed by atoms with Crippen molar-refractivity contribution < 1.29 is 9.53 Å². The third-order valence-corrected chi connectivity index (χ3v) is 3.59. The number of likely N-dealkylation sites (N-methyl/N-ethyl adjacent to an activating group) is 1. The van der Waals surface area contributed by atoms with Gasteiger partial charge in [-0.2, -0.15) is 5.10 Å². The van der Waals surface area contributed by atoms with Crippen LogP contribution in [0.15, 0.2) is 6.07 Å². The molecule has 118 valence electrons. The average molecular weight is 294 g/mol. The summed E-state index contributed by atoms with van der Waals surface area (Å²) in [7, 11) is 2.09. The van der Waals surface area contributed by atoms with Gasteiger partial charge in [0.15, 0.2) is 0 Å². The Morgan fingerprint density at radius 3 is 3.14 bits per heavy atom. The van der Waals surface area contributed by atoms with Crippen LogP contribution in [0.3, 0.4) is 0 Å². The molecule has 1 unspecified atom stereocenters. The van der Waals surface area contributed by atoms with Crippen molar-refractivity contribution in [2.45, 2.75) is 32.8 Å². The minimum Gasteiger partial charge on any atom is -0.375 e. The second-order valence-corrected chi connectivity index (χ2v) is 6.18. The summed E-state index contributed by atoms with van der Waals surface area (Å²) in [5.74, 6) is 0.423. The second kappa shape index (κ2) is 7.56. The van der Waals surface area contributed by atoms with E-state index in [1.807, 2.05) is 6.07 Å². The van der Waals surface area contributed by atoms with Crippen molar-refractivity contribution in [2.75, 3.05) is 33.3 Å². The molecule has 1 atom stereocenters. The fourth-order valence-electron chi connectivity index (χ4n) is 2.50. The predicted molar refractivity (Wildman–Crippen MR) is 81.3 cm³/mol. The van der Waals surface area contributed by atoms with Gasteiger partial charge >= 0.3 is 0 Å². The van der Waals surface area contributed by atoms with Gasteiger partial charge in [0, 0.05) is 25.3 Å². The van der Waals surface area contributed by atoms with Crippen LogP contribution in [-0.4, -0.2) is 60.4 Å². The van der Waals surface area contributed by atoms with Gasteiger partial charge in [0.2, 0.25) is 0 Å².